The van der Waals surface area contributed by atoms with Crippen molar-refractivity contribution in [3.63, 3.8) is 0 Å². The van der Waals surface area contributed by atoms with Crippen molar-refractivity contribution in [2.45, 2.75) is 38.3 Å². The van der Waals surface area contributed by atoms with E-state index < -0.39 is 0 Å². The summed E-state index contributed by atoms with van der Waals surface area (Å²) in [6, 6.07) is 3.81. The summed E-state index contributed by atoms with van der Waals surface area (Å²) in [6.07, 6.45) is 6.81. The number of benzene rings is 1. The van der Waals surface area contributed by atoms with E-state index in [9.17, 15) is 4.79 Å². The molecule has 2 unspecified atom stereocenters. The third kappa shape index (κ3) is 3.59. The molecule has 144 valence electrons. The Balaban J connectivity index is 1.47. The van der Waals surface area contributed by atoms with E-state index in [1.807, 2.05) is 32.4 Å². The van der Waals surface area contributed by atoms with Crippen molar-refractivity contribution in [2.24, 2.45) is 7.05 Å². The maximum absolute atomic E-state index is 12.9. The number of aryl methyl sites for hydroxylation is 1. The SMILES string of the molecule is COc1cc(C(=O)NC2CCCN(c3cnn(C)c3)C2)cc2c1OC(C)C2. The zero-order valence-corrected chi connectivity index (χ0v) is 16.1. The Hall–Kier alpha value is -2.70. The molecule has 0 saturated carbocycles. The lowest BCUT2D eigenvalue weighted by atomic mass is 10.0. The van der Waals surface area contributed by atoms with Gasteiger partial charge in [-0.1, -0.05) is 0 Å². The van der Waals surface area contributed by atoms with Crippen LogP contribution in [0.25, 0.3) is 0 Å². The van der Waals surface area contributed by atoms with Crippen LogP contribution in [0.3, 0.4) is 0 Å². The molecule has 1 saturated heterocycles. The standard InChI is InChI=1S/C20H26N4O3/c1-13-7-14-8-15(9-18(26-3)19(14)27-13)20(25)22-16-5-4-6-24(11-16)17-10-21-23(2)12-17/h8-10,12-13,16H,4-7,11H2,1-3H3,(H,22,25). The molecule has 1 amide bonds. The first kappa shape index (κ1) is 17.7. The average molecular weight is 370 g/mol. The number of fused-ring (bicyclic) bond motifs is 1. The largest absolute Gasteiger partial charge is 0.493 e. The smallest absolute Gasteiger partial charge is 0.251 e. The Labute approximate surface area is 159 Å². The van der Waals surface area contributed by atoms with E-state index in [4.69, 9.17) is 9.47 Å². The molecule has 27 heavy (non-hydrogen) atoms. The van der Waals surface area contributed by atoms with Crippen LogP contribution in [-0.2, 0) is 13.5 Å². The number of carbonyl (C=O) groups is 1. The van der Waals surface area contributed by atoms with Gasteiger partial charge in [-0.25, -0.2) is 0 Å². The van der Waals surface area contributed by atoms with Crippen LogP contribution >= 0.6 is 0 Å². The number of rotatable bonds is 4. The summed E-state index contributed by atoms with van der Waals surface area (Å²) in [6.45, 7) is 3.80. The van der Waals surface area contributed by atoms with Gasteiger partial charge < -0.3 is 19.7 Å². The van der Waals surface area contributed by atoms with Gasteiger partial charge >= 0.3 is 0 Å². The van der Waals surface area contributed by atoms with Crippen LogP contribution in [0.15, 0.2) is 24.5 Å². The molecule has 1 fully saturated rings. The molecule has 2 atom stereocenters. The van der Waals surface area contributed by atoms with Crippen molar-refractivity contribution < 1.29 is 14.3 Å². The van der Waals surface area contributed by atoms with Crippen LogP contribution in [0.2, 0.25) is 0 Å². The number of hydrogen-bond donors (Lipinski definition) is 1. The number of hydrogen-bond acceptors (Lipinski definition) is 5. The first-order valence-corrected chi connectivity index (χ1v) is 9.45. The van der Waals surface area contributed by atoms with Gasteiger partial charge in [0.2, 0.25) is 0 Å². The maximum atomic E-state index is 12.9. The molecule has 0 bridgehead atoms. The van der Waals surface area contributed by atoms with Gasteiger partial charge in [0.1, 0.15) is 6.10 Å². The minimum atomic E-state index is -0.0614. The number of piperidine rings is 1. The predicted octanol–water partition coefficient (Wildman–Crippen LogP) is 2.15. The molecule has 1 aromatic carbocycles. The number of anilines is 1. The average Bonchev–Trinajstić information content (AvgIpc) is 3.25. The number of ether oxygens (including phenoxy) is 2. The molecule has 1 N–H and O–H groups in total. The molecule has 7 nitrogen and oxygen atoms in total. The predicted molar refractivity (Wildman–Crippen MR) is 103 cm³/mol. The number of methoxy groups -OCH3 is 1. The highest BCUT2D eigenvalue weighted by atomic mass is 16.5. The van der Waals surface area contributed by atoms with Gasteiger partial charge in [0, 0.05) is 49.9 Å². The summed E-state index contributed by atoms with van der Waals surface area (Å²) in [7, 11) is 3.52. The van der Waals surface area contributed by atoms with E-state index in [-0.39, 0.29) is 18.1 Å². The summed E-state index contributed by atoms with van der Waals surface area (Å²) in [4.78, 5) is 15.1. The summed E-state index contributed by atoms with van der Waals surface area (Å²) in [5, 5.41) is 7.44. The number of nitrogens with zero attached hydrogens (tertiary/aromatic N) is 3. The zero-order chi connectivity index (χ0) is 19.0. The van der Waals surface area contributed by atoms with Crippen LogP contribution in [0.4, 0.5) is 5.69 Å². The highest BCUT2D eigenvalue weighted by Crippen LogP contribution is 2.39. The minimum absolute atomic E-state index is 0.0614. The first-order chi connectivity index (χ1) is 13.0. The molecule has 2 aliphatic rings. The zero-order valence-electron chi connectivity index (χ0n) is 16.1. The van der Waals surface area contributed by atoms with Gasteiger partial charge in [-0.3, -0.25) is 9.48 Å². The number of nitrogens with one attached hydrogen (secondary N) is 1. The fourth-order valence-corrected chi connectivity index (χ4v) is 3.95. The van der Waals surface area contributed by atoms with Gasteiger partial charge in [-0.15, -0.1) is 0 Å². The van der Waals surface area contributed by atoms with Gasteiger partial charge in [-0.2, -0.15) is 5.10 Å². The van der Waals surface area contributed by atoms with Crippen LogP contribution in [0, 0.1) is 0 Å². The summed E-state index contributed by atoms with van der Waals surface area (Å²) in [5.74, 6) is 1.33. The van der Waals surface area contributed by atoms with Crippen molar-refractivity contribution in [3.05, 3.63) is 35.7 Å². The van der Waals surface area contributed by atoms with E-state index >= 15 is 0 Å². The van der Waals surface area contributed by atoms with Crippen LogP contribution in [0.1, 0.15) is 35.7 Å². The Morgan fingerprint density at radius 3 is 3.00 bits per heavy atom. The summed E-state index contributed by atoms with van der Waals surface area (Å²) < 4.78 is 13.1. The van der Waals surface area contributed by atoms with Crippen LogP contribution in [0.5, 0.6) is 11.5 Å². The molecule has 0 radical (unpaired) electrons. The van der Waals surface area contributed by atoms with Gasteiger partial charge in [0.25, 0.3) is 5.91 Å². The number of amides is 1. The van der Waals surface area contributed by atoms with E-state index in [1.165, 1.54) is 0 Å². The van der Waals surface area contributed by atoms with Crippen molar-refractivity contribution >= 4 is 11.6 Å². The monoisotopic (exact) mass is 370 g/mol. The maximum Gasteiger partial charge on any atom is 0.251 e. The Bertz CT molecular complexity index is 848. The topological polar surface area (TPSA) is 68.6 Å². The molecule has 1 aromatic heterocycles. The normalized spacial score (nSPS) is 21.5. The Morgan fingerprint density at radius 2 is 2.26 bits per heavy atom. The highest BCUT2D eigenvalue weighted by molar-refractivity contribution is 5.95. The summed E-state index contributed by atoms with van der Waals surface area (Å²) >= 11 is 0. The lowest BCUT2D eigenvalue weighted by molar-refractivity contribution is 0.0932. The third-order valence-corrected chi connectivity index (χ3v) is 5.25. The van der Waals surface area contributed by atoms with Crippen molar-refractivity contribution in [1.82, 2.24) is 15.1 Å². The molecule has 2 aliphatic heterocycles. The van der Waals surface area contributed by atoms with Crippen LogP contribution < -0.4 is 19.7 Å². The second-order valence-electron chi connectivity index (χ2n) is 7.43. The quantitative estimate of drug-likeness (QED) is 0.893. The molecule has 0 spiro atoms. The second kappa shape index (κ2) is 7.13. The van der Waals surface area contributed by atoms with Crippen LogP contribution in [-0.4, -0.2) is 48.0 Å². The van der Waals surface area contributed by atoms with Gasteiger partial charge in [0.05, 0.1) is 19.0 Å². The second-order valence-corrected chi connectivity index (χ2v) is 7.43. The molecule has 3 heterocycles. The van der Waals surface area contributed by atoms with Gasteiger partial charge in [-0.05, 0) is 31.9 Å². The highest BCUT2D eigenvalue weighted by Gasteiger charge is 2.27. The van der Waals surface area contributed by atoms with E-state index in [1.54, 1.807) is 17.9 Å². The van der Waals surface area contributed by atoms with E-state index in [0.29, 0.717) is 11.3 Å². The van der Waals surface area contributed by atoms with Crippen molar-refractivity contribution in [2.75, 3.05) is 25.1 Å². The third-order valence-electron chi connectivity index (χ3n) is 5.25. The summed E-state index contributed by atoms with van der Waals surface area (Å²) in [5.41, 5.74) is 2.76. The number of aromatic nitrogens is 2. The minimum Gasteiger partial charge on any atom is -0.493 e. The van der Waals surface area contributed by atoms with E-state index in [0.717, 1.165) is 49.4 Å². The van der Waals surface area contributed by atoms with Gasteiger partial charge in [0.15, 0.2) is 11.5 Å². The molecule has 2 aromatic rings. The Kier molecular flexibility index (Phi) is 4.68. The molecular formula is C20H26N4O3. The fraction of sp³-hybridized carbons (Fsp3) is 0.500. The lowest BCUT2D eigenvalue weighted by Crippen LogP contribution is -2.47. The number of carbonyl (C=O) groups excluding carboxylic acids is 1. The van der Waals surface area contributed by atoms with Crippen molar-refractivity contribution in [1.29, 1.82) is 0 Å². The molecule has 0 aliphatic carbocycles. The molecular weight excluding hydrogens is 344 g/mol. The lowest BCUT2D eigenvalue weighted by Gasteiger charge is -2.33. The molecule has 7 heteroatoms. The first-order valence-electron chi connectivity index (χ1n) is 9.45. The molecule has 4 rings (SSSR count). The van der Waals surface area contributed by atoms with Crippen molar-refractivity contribution in [3.8, 4) is 11.5 Å². The Morgan fingerprint density at radius 1 is 1.41 bits per heavy atom. The fourth-order valence-electron chi connectivity index (χ4n) is 3.95. The van der Waals surface area contributed by atoms with E-state index in [2.05, 4.69) is 15.3 Å².